The monoisotopic (exact) mass is 265 g/mol. The predicted molar refractivity (Wildman–Crippen MR) is 72.1 cm³/mol. The lowest BCUT2D eigenvalue weighted by Gasteiger charge is -2.21. The van der Waals surface area contributed by atoms with E-state index in [4.69, 9.17) is 14.6 Å². The lowest BCUT2D eigenvalue weighted by atomic mass is 10.1. The molecule has 0 spiro atoms. The Morgan fingerprint density at radius 2 is 2.00 bits per heavy atom. The van der Waals surface area contributed by atoms with E-state index < -0.39 is 5.97 Å². The second-order valence-electron chi connectivity index (χ2n) is 4.89. The van der Waals surface area contributed by atoms with Crippen LogP contribution in [-0.2, 0) is 4.79 Å². The van der Waals surface area contributed by atoms with E-state index in [1.54, 1.807) is 0 Å². The van der Waals surface area contributed by atoms with Gasteiger partial charge in [0.15, 0.2) is 11.5 Å². The number of fused-ring (bicyclic) bond motifs is 1. The Hall–Kier alpha value is -1.91. The highest BCUT2D eigenvalue weighted by Crippen LogP contribution is 2.35. The molecule has 0 aromatic heterocycles. The molecule has 0 saturated heterocycles. The number of nitrogens with one attached hydrogen (secondary N) is 1. The van der Waals surface area contributed by atoms with Crippen LogP contribution >= 0.6 is 0 Å². The molecule has 0 fully saturated rings. The first kappa shape index (κ1) is 13.5. The van der Waals surface area contributed by atoms with Crippen LogP contribution in [0.25, 0.3) is 0 Å². The first-order valence-electron chi connectivity index (χ1n) is 6.42. The second-order valence-corrected chi connectivity index (χ2v) is 4.89. The van der Waals surface area contributed by atoms with E-state index in [9.17, 15) is 4.79 Å². The van der Waals surface area contributed by atoms with Gasteiger partial charge in [0.25, 0.3) is 0 Å². The van der Waals surface area contributed by atoms with Crippen molar-refractivity contribution < 1.29 is 19.4 Å². The topological polar surface area (TPSA) is 67.8 Å². The van der Waals surface area contributed by atoms with Crippen molar-refractivity contribution in [1.29, 1.82) is 0 Å². The van der Waals surface area contributed by atoms with Crippen molar-refractivity contribution in [3.63, 3.8) is 0 Å². The predicted octanol–water partition coefficient (Wildman–Crippen LogP) is 2.29. The Labute approximate surface area is 112 Å². The van der Waals surface area contributed by atoms with Gasteiger partial charge in [-0.3, -0.25) is 4.79 Å². The highest BCUT2D eigenvalue weighted by molar-refractivity contribution is 5.67. The molecule has 1 aromatic carbocycles. The number of anilines is 1. The molecule has 5 heteroatoms. The fourth-order valence-electron chi connectivity index (χ4n) is 2.04. The molecule has 0 bridgehead atoms. The minimum absolute atomic E-state index is 0.0742. The number of carboxylic acids is 1. The van der Waals surface area contributed by atoms with Crippen LogP contribution in [0.5, 0.6) is 11.5 Å². The van der Waals surface area contributed by atoms with Gasteiger partial charge in [0.2, 0.25) is 0 Å². The third kappa shape index (κ3) is 3.53. The van der Waals surface area contributed by atoms with Crippen LogP contribution in [0.3, 0.4) is 0 Å². The fourth-order valence-corrected chi connectivity index (χ4v) is 2.04. The summed E-state index contributed by atoms with van der Waals surface area (Å²) in [5.41, 5.74) is 2.02. The number of aryl methyl sites for hydroxylation is 1. The van der Waals surface area contributed by atoms with Crippen molar-refractivity contribution in [3.05, 3.63) is 17.7 Å². The summed E-state index contributed by atoms with van der Waals surface area (Å²) in [5, 5.41) is 12.0. The summed E-state index contributed by atoms with van der Waals surface area (Å²) in [6.45, 7) is 5.66. The van der Waals surface area contributed by atoms with Crippen LogP contribution in [0, 0.1) is 12.8 Å². The first-order valence-corrected chi connectivity index (χ1v) is 6.42. The van der Waals surface area contributed by atoms with E-state index in [0.29, 0.717) is 19.8 Å². The number of carboxylic acid groups (broad SMARTS) is 1. The van der Waals surface area contributed by atoms with Gasteiger partial charge in [0.1, 0.15) is 13.2 Å². The van der Waals surface area contributed by atoms with Gasteiger partial charge in [0, 0.05) is 24.7 Å². The zero-order valence-electron chi connectivity index (χ0n) is 11.2. The van der Waals surface area contributed by atoms with Gasteiger partial charge in [-0.15, -0.1) is 0 Å². The third-order valence-corrected chi connectivity index (χ3v) is 3.05. The molecule has 2 rings (SSSR count). The van der Waals surface area contributed by atoms with Gasteiger partial charge >= 0.3 is 5.97 Å². The molecule has 0 saturated carbocycles. The number of aliphatic carboxylic acids is 1. The van der Waals surface area contributed by atoms with Gasteiger partial charge in [-0.2, -0.15) is 0 Å². The van der Waals surface area contributed by atoms with Gasteiger partial charge in [-0.25, -0.2) is 0 Å². The van der Waals surface area contributed by atoms with Crippen LogP contribution in [0.1, 0.15) is 18.9 Å². The maximum Gasteiger partial charge on any atom is 0.303 e. The molecule has 1 aliphatic heterocycles. The smallest absolute Gasteiger partial charge is 0.303 e. The Bertz CT molecular complexity index is 473. The van der Waals surface area contributed by atoms with Crippen LogP contribution in [0.15, 0.2) is 12.1 Å². The SMILES string of the molecule is Cc1cc2c(cc1NCC(C)CC(=O)O)OCCO2. The van der Waals surface area contributed by atoms with E-state index in [0.717, 1.165) is 22.7 Å². The average molecular weight is 265 g/mol. The molecule has 5 nitrogen and oxygen atoms in total. The summed E-state index contributed by atoms with van der Waals surface area (Å²) in [6.07, 6.45) is 0.163. The highest BCUT2D eigenvalue weighted by atomic mass is 16.6. The maximum absolute atomic E-state index is 10.6. The first-order chi connectivity index (χ1) is 9.06. The van der Waals surface area contributed by atoms with Gasteiger partial charge in [-0.05, 0) is 24.5 Å². The lowest BCUT2D eigenvalue weighted by Crippen LogP contribution is -2.17. The number of benzene rings is 1. The Morgan fingerprint density at radius 3 is 2.63 bits per heavy atom. The maximum atomic E-state index is 10.6. The number of hydrogen-bond acceptors (Lipinski definition) is 4. The summed E-state index contributed by atoms with van der Waals surface area (Å²) < 4.78 is 11.0. The van der Waals surface area contributed by atoms with E-state index in [-0.39, 0.29) is 12.3 Å². The largest absolute Gasteiger partial charge is 0.486 e. The van der Waals surface area contributed by atoms with Crippen molar-refractivity contribution in [3.8, 4) is 11.5 Å². The number of carbonyl (C=O) groups is 1. The standard InChI is InChI=1S/C14H19NO4/c1-9(5-14(16)17)8-15-11-7-13-12(6-10(11)2)18-3-4-19-13/h6-7,9,15H,3-5,8H2,1-2H3,(H,16,17). The number of rotatable bonds is 5. The van der Waals surface area contributed by atoms with E-state index in [1.807, 2.05) is 26.0 Å². The summed E-state index contributed by atoms with van der Waals surface area (Å²) in [5.74, 6) is 0.816. The van der Waals surface area contributed by atoms with Crippen molar-refractivity contribution >= 4 is 11.7 Å². The average Bonchev–Trinajstić information content (AvgIpc) is 2.35. The molecule has 1 aliphatic rings. The molecule has 0 radical (unpaired) electrons. The van der Waals surface area contributed by atoms with Gasteiger partial charge in [-0.1, -0.05) is 6.92 Å². The van der Waals surface area contributed by atoms with E-state index in [1.165, 1.54) is 0 Å². The quantitative estimate of drug-likeness (QED) is 0.855. The van der Waals surface area contributed by atoms with Crippen LogP contribution < -0.4 is 14.8 Å². The van der Waals surface area contributed by atoms with E-state index in [2.05, 4.69) is 5.32 Å². The molecule has 1 aromatic rings. The fraction of sp³-hybridized carbons (Fsp3) is 0.500. The molecule has 0 aliphatic carbocycles. The zero-order chi connectivity index (χ0) is 13.8. The van der Waals surface area contributed by atoms with Gasteiger partial charge < -0.3 is 19.9 Å². The van der Waals surface area contributed by atoms with Crippen molar-refractivity contribution in [2.45, 2.75) is 20.3 Å². The zero-order valence-corrected chi connectivity index (χ0v) is 11.2. The number of hydrogen-bond donors (Lipinski definition) is 2. The van der Waals surface area contributed by atoms with Crippen LogP contribution in [0.4, 0.5) is 5.69 Å². The molecule has 104 valence electrons. The Balaban J connectivity index is 2.02. The third-order valence-electron chi connectivity index (χ3n) is 3.05. The minimum Gasteiger partial charge on any atom is -0.486 e. The summed E-state index contributed by atoms with van der Waals surface area (Å²) in [6, 6.07) is 3.86. The van der Waals surface area contributed by atoms with E-state index >= 15 is 0 Å². The van der Waals surface area contributed by atoms with Crippen molar-refractivity contribution in [2.75, 3.05) is 25.1 Å². The Morgan fingerprint density at radius 1 is 1.37 bits per heavy atom. The highest BCUT2D eigenvalue weighted by Gasteiger charge is 2.15. The lowest BCUT2D eigenvalue weighted by molar-refractivity contribution is -0.137. The molecule has 2 N–H and O–H groups in total. The summed E-state index contributed by atoms with van der Waals surface area (Å²) in [4.78, 5) is 10.6. The number of ether oxygens (including phenoxy) is 2. The Kier molecular flexibility index (Phi) is 4.14. The normalized spacial score (nSPS) is 14.8. The molecular formula is C14H19NO4. The van der Waals surface area contributed by atoms with Crippen molar-refractivity contribution in [1.82, 2.24) is 0 Å². The molecule has 0 amide bonds. The molecule has 1 heterocycles. The molecule has 19 heavy (non-hydrogen) atoms. The summed E-state index contributed by atoms with van der Waals surface area (Å²) in [7, 11) is 0. The molecular weight excluding hydrogens is 246 g/mol. The molecule has 1 unspecified atom stereocenters. The summed E-state index contributed by atoms with van der Waals surface area (Å²) >= 11 is 0. The minimum atomic E-state index is -0.770. The van der Waals surface area contributed by atoms with Crippen molar-refractivity contribution in [2.24, 2.45) is 5.92 Å². The second kappa shape index (κ2) is 5.82. The van der Waals surface area contributed by atoms with Crippen LogP contribution in [-0.4, -0.2) is 30.8 Å². The molecule has 1 atom stereocenters. The van der Waals surface area contributed by atoms with Gasteiger partial charge in [0.05, 0.1) is 0 Å². The van der Waals surface area contributed by atoms with Crippen LogP contribution in [0.2, 0.25) is 0 Å².